The molecule has 1 aliphatic heterocycles. The van der Waals surface area contributed by atoms with Crippen LogP contribution in [0.3, 0.4) is 0 Å². The van der Waals surface area contributed by atoms with E-state index < -0.39 is 0 Å². The number of thioether (sulfide) groups is 1. The molecule has 0 aromatic heterocycles. The van der Waals surface area contributed by atoms with Crippen LogP contribution in [0.4, 0.5) is 5.69 Å². The van der Waals surface area contributed by atoms with Crippen molar-refractivity contribution in [1.82, 2.24) is 0 Å². The summed E-state index contributed by atoms with van der Waals surface area (Å²) in [7, 11) is 6.63. The van der Waals surface area contributed by atoms with Gasteiger partial charge in [-0.1, -0.05) is 19.1 Å². The average Bonchev–Trinajstić information content (AvgIpc) is 3.41. The van der Waals surface area contributed by atoms with Gasteiger partial charge in [-0.3, -0.25) is 0 Å². The lowest BCUT2D eigenvalue weighted by Crippen LogP contribution is -2.24. The van der Waals surface area contributed by atoms with Crippen molar-refractivity contribution in [2.45, 2.75) is 36.7 Å². The summed E-state index contributed by atoms with van der Waals surface area (Å²) in [6, 6.07) is 8.50. The second-order valence-corrected chi connectivity index (χ2v) is 9.96. The van der Waals surface area contributed by atoms with E-state index in [1.165, 1.54) is 11.1 Å². The molecule has 1 saturated heterocycles. The fourth-order valence-electron chi connectivity index (χ4n) is 4.53. The summed E-state index contributed by atoms with van der Waals surface area (Å²) < 4.78 is 28.7. The van der Waals surface area contributed by atoms with Gasteiger partial charge in [0.25, 0.3) is 0 Å². The smallest absolute Gasteiger partial charge is 0.203 e. The topological polar surface area (TPSA) is 49.4 Å². The first-order chi connectivity index (χ1) is 17.5. The minimum absolute atomic E-state index is 0.312. The van der Waals surface area contributed by atoms with Gasteiger partial charge >= 0.3 is 0 Å². The quantitative estimate of drug-likeness (QED) is 0.252. The predicted molar refractivity (Wildman–Crippen MR) is 150 cm³/mol. The molecule has 3 rings (SSSR count). The molecule has 0 spiro atoms. The van der Waals surface area contributed by atoms with Crippen LogP contribution in [0.25, 0.3) is 0 Å². The Bertz CT molecular complexity index is 1010. The number of anilines is 1. The second-order valence-electron chi connectivity index (χ2n) is 8.55. The van der Waals surface area contributed by atoms with Crippen molar-refractivity contribution in [1.29, 1.82) is 0 Å². The largest absolute Gasteiger partial charge is 0.493 e. The first kappa shape index (κ1) is 27.7. The molecule has 196 valence electrons. The van der Waals surface area contributed by atoms with Crippen LogP contribution in [0.5, 0.6) is 28.7 Å². The fraction of sp³-hybridized carbons (Fsp3) is 0.448. The minimum Gasteiger partial charge on any atom is -0.493 e. The highest BCUT2D eigenvalue weighted by Crippen LogP contribution is 2.56. The molecule has 0 radical (unpaired) electrons. The van der Waals surface area contributed by atoms with Crippen molar-refractivity contribution < 1.29 is 23.7 Å². The van der Waals surface area contributed by atoms with Crippen molar-refractivity contribution in [3.63, 3.8) is 0 Å². The number of benzene rings is 2. The van der Waals surface area contributed by atoms with Crippen LogP contribution in [0, 0.1) is 0 Å². The summed E-state index contributed by atoms with van der Waals surface area (Å²) >= 11 is 1.95. The summed E-state index contributed by atoms with van der Waals surface area (Å²) in [5.74, 6) is 3.51. The molecule has 0 aliphatic carbocycles. The van der Waals surface area contributed by atoms with Gasteiger partial charge in [0.1, 0.15) is 0 Å². The van der Waals surface area contributed by atoms with Crippen molar-refractivity contribution in [3.8, 4) is 28.7 Å². The third-order valence-corrected chi connectivity index (χ3v) is 7.89. The number of ether oxygens (including phenoxy) is 5. The second kappa shape index (κ2) is 13.4. The van der Waals surface area contributed by atoms with Gasteiger partial charge in [-0.05, 0) is 54.7 Å². The van der Waals surface area contributed by atoms with Gasteiger partial charge in [-0.2, -0.15) is 0 Å². The van der Waals surface area contributed by atoms with E-state index in [2.05, 4.69) is 49.2 Å². The molecule has 1 heterocycles. The molecular formula is C29H39NO5S. The maximum absolute atomic E-state index is 6.18. The highest BCUT2D eigenvalue weighted by Gasteiger charge is 2.31. The Hall–Kier alpha value is -2.93. The lowest BCUT2D eigenvalue weighted by Gasteiger charge is -2.27. The molecule has 0 amide bonds. The summed E-state index contributed by atoms with van der Waals surface area (Å²) in [5, 5.41) is 0.628. The zero-order valence-corrected chi connectivity index (χ0v) is 23.0. The van der Waals surface area contributed by atoms with Gasteiger partial charge in [0, 0.05) is 23.6 Å². The highest BCUT2D eigenvalue weighted by atomic mass is 32.2. The zero-order chi connectivity index (χ0) is 26.1. The number of hydrogen-bond acceptors (Lipinski definition) is 7. The molecule has 6 nitrogen and oxygen atoms in total. The zero-order valence-electron chi connectivity index (χ0n) is 22.2. The van der Waals surface area contributed by atoms with E-state index in [1.807, 2.05) is 23.9 Å². The number of methoxy groups -OCH3 is 4. The third-order valence-electron chi connectivity index (χ3n) is 6.22. The Kier molecular flexibility index (Phi) is 10.3. The van der Waals surface area contributed by atoms with Crippen molar-refractivity contribution in [2.24, 2.45) is 0 Å². The van der Waals surface area contributed by atoms with Crippen molar-refractivity contribution in [2.75, 3.05) is 53.0 Å². The third kappa shape index (κ3) is 6.06. The van der Waals surface area contributed by atoms with Gasteiger partial charge in [0.15, 0.2) is 23.0 Å². The normalized spacial score (nSPS) is 16.8. The lowest BCUT2D eigenvalue weighted by atomic mass is 10.0. The highest BCUT2D eigenvalue weighted by molar-refractivity contribution is 8.00. The molecule has 0 saturated carbocycles. The molecule has 7 heteroatoms. The van der Waals surface area contributed by atoms with Crippen LogP contribution < -0.4 is 28.6 Å². The molecule has 0 bridgehead atoms. The average molecular weight is 514 g/mol. The van der Waals surface area contributed by atoms with Crippen LogP contribution >= 0.6 is 11.8 Å². The standard InChI is InChI=1S/C29H39NO5S/c1-8-13-30(14-9-2)22-16-20(17-23(31-4)28(22)35-15-10-3)26-11-12-27(36-26)21-18-24(32-5)29(34-7)25(19-21)33-6/h8-9,16-19,26-27H,1-2,10-15H2,3-7H3/t26-,27-/m1/s1. The number of nitrogens with zero attached hydrogens (tertiary/aromatic N) is 1. The van der Waals surface area contributed by atoms with Gasteiger partial charge in [-0.15, -0.1) is 24.9 Å². The molecular weight excluding hydrogens is 474 g/mol. The Morgan fingerprint density at radius 1 is 0.806 bits per heavy atom. The molecule has 2 aromatic rings. The van der Waals surface area contributed by atoms with Crippen LogP contribution in [-0.4, -0.2) is 48.1 Å². The van der Waals surface area contributed by atoms with Crippen LogP contribution in [0.1, 0.15) is 47.8 Å². The van der Waals surface area contributed by atoms with Crippen LogP contribution in [-0.2, 0) is 0 Å². The van der Waals surface area contributed by atoms with E-state index in [1.54, 1.807) is 28.4 Å². The van der Waals surface area contributed by atoms with Gasteiger partial charge in [0.2, 0.25) is 5.75 Å². The number of hydrogen-bond donors (Lipinski definition) is 0. The van der Waals surface area contributed by atoms with E-state index >= 15 is 0 Å². The summed E-state index contributed by atoms with van der Waals surface area (Å²) in [6.07, 6.45) is 6.81. The Morgan fingerprint density at radius 3 is 1.75 bits per heavy atom. The fourth-order valence-corrected chi connectivity index (χ4v) is 6.05. The van der Waals surface area contributed by atoms with E-state index in [4.69, 9.17) is 23.7 Å². The van der Waals surface area contributed by atoms with E-state index in [-0.39, 0.29) is 0 Å². The SMILES string of the molecule is C=CCN(CC=C)c1cc([C@H]2CC[C@H](c3cc(OC)c(OC)c(OC)c3)S2)cc(OC)c1OCCC. The van der Waals surface area contributed by atoms with Gasteiger partial charge in [-0.25, -0.2) is 0 Å². The van der Waals surface area contributed by atoms with Gasteiger partial charge < -0.3 is 28.6 Å². The maximum atomic E-state index is 6.18. The van der Waals surface area contributed by atoms with Gasteiger partial charge in [0.05, 0.1) is 40.7 Å². The first-order valence-electron chi connectivity index (χ1n) is 12.3. The predicted octanol–water partition coefficient (Wildman–Crippen LogP) is 7.00. The lowest BCUT2D eigenvalue weighted by molar-refractivity contribution is 0.294. The summed E-state index contributed by atoms with van der Waals surface area (Å²) in [6.45, 7) is 12.0. The monoisotopic (exact) mass is 513 g/mol. The summed E-state index contributed by atoms with van der Waals surface area (Å²) in [5.41, 5.74) is 3.41. The Labute approximate surface area is 220 Å². The van der Waals surface area contributed by atoms with E-state index in [0.29, 0.717) is 47.4 Å². The summed E-state index contributed by atoms with van der Waals surface area (Å²) in [4.78, 5) is 2.22. The van der Waals surface area contributed by atoms with Crippen molar-refractivity contribution in [3.05, 3.63) is 60.7 Å². The van der Waals surface area contributed by atoms with E-state index in [9.17, 15) is 0 Å². The molecule has 0 unspecified atom stereocenters. The van der Waals surface area contributed by atoms with Crippen LogP contribution in [0.15, 0.2) is 49.6 Å². The minimum atomic E-state index is 0.312. The van der Waals surface area contributed by atoms with E-state index in [0.717, 1.165) is 36.4 Å². The molecule has 36 heavy (non-hydrogen) atoms. The molecule has 2 aromatic carbocycles. The Balaban J connectivity index is 1.97. The first-order valence-corrected chi connectivity index (χ1v) is 13.3. The van der Waals surface area contributed by atoms with Crippen LogP contribution in [0.2, 0.25) is 0 Å². The maximum Gasteiger partial charge on any atom is 0.203 e. The Morgan fingerprint density at radius 2 is 1.31 bits per heavy atom. The molecule has 1 fully saturated rings. The molecule has 0 N–H and O–H groups in total. The van der Waals surface area contributed by atoms with Crippen molar-refractivity contribution >= 4 is 17.4 Å². The number of rotatable bonds is 14. The molecule has 1 aliphatic rings. The molecule has 2 atom stereocenters.